The van der Waals surface area contributed by atoms with Crippen LogP contribution in [0.15, 0.2) is 24.3 Å². The molecule has 0 saturated heterocycles. The molecule has 98 valence electrons. The van der Waals surface area contributed by atoms with Gasteiger partial charge in [-0.1, -0.05) is 29.8 Å². The van der Waals surface area contributed by atoms with E-state index in [4.69, 9.17) is 5.73 Å². The van der Waals surface area contributed by atoms with E-state index in [9.17, 15) is 4.79 Å². The fourth-order valence-corrected chi connectivity index (χ4v) is 2.60. The van der Waals surface area contributed by atoms with Gasteiger partial charge in [0.2, 0.25) is 5.91 Å². The van der Waals surface area contributed by atoms with Gasteiger partial charge in [0.1, 0.15) is 6.04 Å². The van der Waals surface area contributed by atoms with Gasteiger partial charge in [-0.25, -0.2) is 0 Å². The first-order chi connectivity index (χ1) is 8.56. The molecule has 0 radical (unpaired) electrons. The Kier molecular flexibility index (Phi) is 3.97. The number of thioether (sulfide) groups is 1. The number of benzene rings is 1. The summed E-state index contributed by atoms with van der Waals surface area (Å²) in [7, 11) is 0. The highest BCUT2D eigenvalue weighted by atomic mass is 32.2. The van der Waals surface area contributed by atoms with E-state index in [2.05, 4.69) is 11.6 Å². The van der Waals surface area contributed by atoms with Crippen LogP contribution in [0.3, 0.4) is 0 Å². The molecule has 18 heavy (non-hydrogen) atoms. The Hall–Kier alpha value is -1.00. The Morgan fingerprint density at radius 1 is 1.44 bits per heavy atom. The monoisotopic (exact) mass is 264 g/mol. The lowest BCUT2D eigenvalue weighted by Crippen LogP contribution is -2.38. The fourth-order valence-electron chi connectivity index (χ4n) is 1.88. The number of hydrogen-bond acceptors (Lipinski definition) is 3. The maximum Gasteiger partial charge on any atom is 0.241 e. The lowest BCUT2D eigenvalue weighted by molar-refractivity contribution is -0.122. The van der Waals surface area contributed by atoms with Crippen molar-refractivity contribution in [2.45, 2.75) is 30.6 Å². The number of carbonyl (C=O) groups is 1. The summed E-state index contributed by atoms with van der Waals surface area (Å²) in [5.41, 5.74) is 8.00. The summed E-state index contributed by atoms with van der Waals surface area (Å²) >= 11 is 1.83. The maximum absolute atomic E-state index is 12.0. The van der Waals surface area contributed by atoms with Gasteiger partial charge >= 0.3 is 0 Å². The van der Waals surface area contributed by atoms with Crippen LogP contribution in [-0.4, -0.2) is 23.5 Å². The molecule has 3 N–H and O–H groups in total. The van der Waals surface area contributed by atoms with Gasteiger partial charge in [-0.15, -0.1) is 0 Å². The van der Waals surface area contributed by atoms with Gasteiger partial charge in [-0.3, -0.25) is 4.79 Å². The van der Waals surface area contributed by atoms with Crippen LogP contribution in [0.1, 0.15) is 30.0 Å². The van der Waals surface area contributed by atoms with E-state index < -0.39 is 6.04 Å². The highest BCUT2D eigenvalue weighted by molar-refractivity contribution is 8.00. The van der Waals surface area contributed by atoms with Gasteiger partial charge in [0.05, 0.1) is 0 Å². The first-order valence-electron chi connectivity index (χ1n) is 6.21. The van der Waals surface area contributed by atoms with Crippen molar-refractivity contribution < 1.29 is 4.79 Å². The zero-order chi connectivity index (χ0) is 13.2. The molecule has 1 atom stereocenters. The predicted molar refractivity (Wildman–Crippen MR) is 76.6 cm³/mol. The van der Waals surface area contributed by atoms with Gasteiger partial charge in [0.15, 0.2) is 0 Å². The molecule has 0 bridgehead atoms. The van der Waals surface area contributed by atoms with Crippen LogP contribution in [0.5, 0.6) is 0 Å². The Morgan fingerprint density at radius 3 is 2.56 bits per heavy atom. The topological polar surface area (TPSA) is 55.1 Å². The Bertz CT molecular complexity index is 426. The third-order valence-electron chi connectivity index (χ3n) is 3.54. The minimum absolute atomic E-state index is 0.0841. The summed E-state index contributed by atoms with van der Waals surface area (Å²) in [5, 5.41) is 2.96. The number of hydrogen-bond donors (Lipinski definition) is 2. The van der Waals surface area contributed by atoms with E-state index in [0.717, 1.165) is 12.1 Å². The maximum atomic E-state index is 12.0. The summed E-state index contributed by atoms with van der Waals surface area (Å²) in [5.74, 6) is -0.0841. The van der Waals surface area contributed by atoms with Crippen molar-refractivity contribution in [3.8, 4) is 0 Å². The molecule has 1 aromatic carbocycles. The number of rotatable bonds is 5. The molecule has 0 heterocycles. The van der Waals surface area contributed by atoms with Crippen molar-refractivity contribution in [3.63, 3.8) is 0 Å². The summed E-state index contributed by atoms with van der Waals surface area (Å²) in [4.78, 5) is 12.0. The average molecular weight is 264 g/mol. The van der Waals surface area contributed by atoms with Gasteiger partial charge in [0.25, 0.3) is 0 Å². The lowest BCUT2D eigenvalue weighted by atomic mass is 10.1. The second-order valence-electron chi connectivity index (χ2n) is 4.99. The van der Waals surface area contributed by atoms with E-state index in [-0.39, 0.29) is 10.7 Å². The number of nitrogens with two attached hydrogens (primary N) is 1. The van der Waals surface area contributed by atoms with Gasteiger partial charge < -0.3 is 11.1 Å². The molecule has 1 amide bonds. The number of carbonyl (C=O) groups excluding carboxylic acids is 1. The molecular formula is C14H20N2OS. The van der Waals surface area contributed by atoms with Crippen molar-refractivity contribution >= 4 is 17.7 Å². The molecule has 0 aromatic heterocycles. The largest absolute Gasteiger partial charge is 0.353 e. The van der Waals surface area contributed by atoms with Crippen LogP contribution < -0.4 is 11.1 Å². The molecule has 1 saturated carbocycles. The second kappa shape index (κ2) is 5.33. The van der Waals surface area contributed by atoms with E-state index in [0.29, 0.717) is 0 Å². The van der Waals surface area contributed by atoms with Gasteiger partial charge in [-0.05, 0) is 31.6 Å². The number of amides is 1. The Labute approximate surface area is 113 Å². The summed E-state index contributed by atoms with van der Waals surface area (Å²) in [6, 6.07) is 7.23. The van der Waals surface area contributed by atoms with Crippen molar-refractivity contribution in [3.05, 3.63) is 35.4 Å². The first kappa shape index (κ1) is 13.4. The molecule has 2 rings (SSSR count). The van der Waals surface area contributed by atoms with Gasteiger partial charge in [0, 0.05) is 11.3 Å². The molecule has 4 heteroatoms. The average Bonchev–Trinajstić information content (AvgIpc) is 3.17. The van der Waals surface area contributed by atoms with E-state index in [1.165, 1.54) is 18.4 Å². The van der Waals surface area contributed by atoms with Crippen LogP contribution in [0.2, 0.25) is 0 Å². The third-order valence-corrected chi connectivity index (χ3v) is 4.96. The molecule has 1 aliphatic rings. The molecule has 3 nitrogen and oxygen atoms in total. The van der Waals surface area contributed by atoms with Crippen LogP contribution in [0.4, 0.5) is 0 Å². The molecule has 1 unspecified atom stereocenters. The minimum atomic E-state index is -0.566. The molecule has 0 spiro atoms. The SMILES string of the molecule is CSC1(CNC(=O)C(N)c2ccc(C)cc2)CC1. The summed E-state index contributed by atoms with van der Waals surface area (Å²) < 4.78 is 0.280. The van der Waals surface area contributed by atoms with Gasteiger partial charge in [-0.2, -0.15) is 11.8 Å². The number of aryl methyl sites for hydroxylation is 1. The van der Waals surface area contributed by atoms with Crippen molar-refractivity contribution in [1.82, 2.24) is 5.32 Å². The van der Waals surface area contributed by atoms with Crippen LogP contribution >= 0.6 is 11.8 Å². The van der Waals surface area contributed by atoms with E-state index >= 15 is 0 Å². The Morgan fingerprint density at radius 2 is 2.06 bits per heavy atom. The lowest BCUT2D eigenvalue weighted by Gasteiger charge is -2.16. The zero-order valence-electron chi connectivity index (χ0n) is 10.9. The molecular weight excluding hydrogens is 244 g/mol. The Balaban J connectivity index is 1.90. The van der Waals surface area contributed by atoms with Crippen LogP contribution in [0, 0.1) is 6.92 Å². The van der Waals surface area contributed by atoms with E-state index in [1.807, 2.05) is 43.0 Å². The molecule has 1 aliphatic carbocycles. The van der Waals surface area contributed by atoms with Crippen molar-refractivity contribution in [1.29, 1.82) is 0 Å². The zero-order valence-corrected chi connectivity index (χ0v) is 11.7. The van der Waals surface area contributed by atoms with Crippen molar-refractivity contribution in [2.24, 2.45) is 5.73 Å². The summed E-state index contributed by atoms with van der Waals surface area (Å²) in [6.07, 6.45) is 4.47. The minimum Gasteiger partial charge on any atom is -0.353 e. The van der Waals surface area contributed by atoms with Crippen molar-refractivity contribution in [2.75, 3.05) is 12.8 Å². The summed E-state index contributed by atoms with van der Waals surface area (Å²) in [6.45, 7) is 2.75. The highest BCUT2D eigenvalue weighted by Gasteiger charge is 2.42. The third kappa shape index (κ3) is 3.06. The predicted octanol–water partition coefficient (Wildman–Crippen LogP) is 2.01. The smallest absolute Gasteiger partial charge is 0.241 e. The highest BCUT2D eigenvalue weighted by Crippen LogP contribution is 2.46. The first-order valence-corrected chi connectivity index (χ1v) is 7.44. The standard InChI is InChI=1S/C14H20N2OS/c1-10-3-5-11(6-4-10)12(15)13(17)16-9-14(18-2)7-8-14/h3-6,12H,7-9,15H2,1-2H3,(H,16,17). The normalized spacial score (nSPS) is 18.2. The molecule has 0 aliphatic heterocycles. The van der Waals surface area contributed by atoms with E-state index in [1.54, 1.807) is 0 Å². The molecule has 1 fully saturated rings. The molecule has 1 aromatic rings. The second-order valence-corrected chi connectivity index (χ2v) is 6.27. The number of nitrogens with one attached hydrogen (secondary N) is 1. The quantitative estimate of drug-likeness (QED) is 0.855. The van der Waals surface area contributed by atoms with Crippen LogP contribution in [-0.2, 0) is 4.79 Å². The fraction of sp³-hybridized carbons (Fsp3) is 0.500. The van der Waals surface area contributed by atoms with Crippen LogP contribution in [0.25, 0.3) is 0 Å².